The van der Waals surface area contributed by atoms with Crippen molar-refractivity contribution in [1.29, 1.82) is 0 Å². The Kier molecular flexibility index (Phi) is 6.54. The molecule has 0 unspecified atom stereocenters. The first-order chi connectivity index (χ1) is 8.59. The maximum Gasteiger partial charge on any atom is 0.317 e. The number of nitrogens with one attached hydrogen (secondary N) is 1. The quantitative estimate of drug-likeness (QED) is 0.740. The highest BCUT2D eigenvalue weighted by Gasteiger charge is 2.15. The Morgan fingerprint density at radius 2 is 1.83 bits per heavy atom. The summed E-state index contributed by atoms with van der Waals surface area (Å²) in [6, 6.07) is -0.166. The number of carbonyl (C=O) groups excluding carboxylic acids is 1. The third-order valence-corrected chi connectivity index (χ3v) is 3.52. The van der Waals surface area contributed by atoms with Gasteiger partial charge in [0.15, 0.2) is 0 Å². The van der Waals surface area contributed by atoms with E-state index in [1.165, 1.54) is 43.4 Å². The molecule has 0 heterocycles. The second kappa shape index (κ2) is 7.95. The number of carboxylic acid groups (broad SMARTS) is 1. The van der Waals surface area contributed by atoms with E-state index in [4.69, 9.17) is 5.11 Å². The highest BCUT2D eigenvalue weighted by Crippen LogP contribution is 2.21. The fourth-order valence-corrected chi connectivity index (χ4v) is 2.30. The molecule has 1 fully saturated rings. The summed E-state index contributed by atoms with van der Waals surface area (Å²) in [4.78, 5) is 23.6. The van der Waals surface area contributed by atoms with Crippen molar-refractivity contribution in [3.63, 3.8) is 0 Å². The molecule has 0 aromatic rings. The number of carbonyl (C=O) groups is 2. The average Bonchev–Trinajstić information content (AvgIpc) is 2.61. The van der Waals surface area contributed by atoms with Gasteiger partial charge in [-0.05, 0) is 18.8 Å². The molecule has 2 amide bonds. The summed E-state index contributed by atoms with van der Waals surface area (Å²) in [5.41, 5.74) is 0. The van der Waals surface area contributed by atoms with Crippen molar-refractivity contribution < 1.29 is 14.7 Å². The maximum atomic E-state index is 11.7. The van der Waals surface area contributed by atoms with Gasteiger partial charge in [-0.15, -0.1) is 0 Å². The zero-order valence-electron chi connectivity index (χ0n) is 11.2. The van der Waals surface area contributed by atoms with Crippen LogP contribution in [0.15, 0.2) is 0 Å². The van der Waals surface area contributed by atoms with Crippen molar-refractivity contribution >= 4 is 12.0 Å². The minimum atomic E-state index is -0.876. The standard InChI is InChI=1S/C13H24N2O3/c1-15(9-8-12(16)17)13(18)14-10-11-6-4-2-3-5-7-11/h11H,2-10H2,1H3,(H,14,18)(H,16,17). The van der Waals surface area contributed by atoms with Gasteiger partial charge in [0.25, 0.3) is 0 Å². The number of hydrogen-bond acceptors (Lipinski definition) is 2. The number of hydrogen-bond donors (Lipinski definition) is 2. The predicted molar refractivity (Wildman–Crippen MR) is 69.5 cm³/mol. The van der Waals surface area contributed by atoms with Crippen molar-refractivity contribution in [3.8, 4) is 0 Å². The summed E-state index contributed by atoms with van der Waals surface area (Å²) in [6.07, 6.45) is 7.52. The van der Waals surface area contributed by atoms with Gasteiger partial charge in [-0.25, -0.2) is 4.79 Å². The van der Waals surface area contributed by atoms with E-state index in [1.807, 2.05) is 0 Å². The molecule has 1 aliphatic rings. The molecule has 0 atom stereocenters. The highest BCUT2D eigenvalue weighted by molar-refractivity contribution is 5.74. The lowest BCUT2D eigenvalue weighted by Gasteiger charge is -2.20. The fraction of sp³-hybridized carbons (Fsp3) is 0.846. The monoisotopic (exact) mass is 256 g/mol. The number of urea groups is 1. The van der Waals surface area contributed by atoms with Crippen molar-refractivity contribution in [2.24, 2.45) is 5.92 Å². The molecule has 1 saturated carbocycles. The van der Waals surface area contributed by atoms with E-state index in [0.717, 1.165) is 6.54 Å². The molecule has 0 aliphatic heterocycles. The predicted octanol–water partition coefficient (Wildman–Crippen LogP) is 2.07. The molecule has 0 bridgehead atoms. The van der Waals surface area contributed by atoms with Gasteiger partial charge in [0.1, 0.15) is 0 Å². The molecular weight excluding hydrogens is 232 g/mol. The molecule has 5 nitrogen and oxygen atoms in total. The molecular formula is C13H24N2O3. The lowest BCUT2D eigenvalue weighted by molar-refractivity contribution is -0.137. The normalized spacial score (nSPS) is 16.9. The lowest BCUT2D eigenvalue weighted by Crippen LogP contribution is -2.40. The van der Waals surface area contributed by atoms with E-state index >= 15 is 0 Å². The van der Waals surface area contributed by atoms with E-state index in [2.05, 4.69) is 5.32 Å². The van der Waals surface area contributed by atoms with E-state index in [1.54, 1.807) is 7.05 Å². The Balaban J connectivity index is 2.20. The second-order valence-electron chi connectivity index (χ2n) is 5.11. The van der Waals surface area contributed by atoms with Crippen LogP contribution in [-0.4, -0.2) is 42.1 Å². The topological polar surface area (TPSA) is 69.6 Å². The van der Waals surface area contributed by atoms with E-state index < -0.39 is 5.97 Å². The molecule has 0 aromatic carbocycles. The summed E-state index contributed by atoms with van der Waals surface area (Å²) < 4.78 is 0. The van der Waals surface area contributed by atoms with Crippen LogP contribution in [0.4, 0.5) is 4.79 Å². The van der Waals surface area contributed by atoms with Gasteiger partial charge in [0, 0.05) is 20.1 Å². The zero-order chi connectivity index (χ0) is 13.4. The van der Waals surface area contributed by atoms with Crippen molar-refractivity contribution in [2.75, 3.05) is 20.1 Å². The molecule has 0 saturated heterocycles. The molecule has 0 spiro atoms. The van der Waals surface area contributed by atoms with Crippen molar-refractivity contribution in [2.45, 2.75) is 44.9 Å². The molecule has 1 aliphatic carbocycles. The minimum Gasteiger partial charge on any atom is -0.481 e. The maximum absolute atomic E-state index is 11.7. The summed E-state index contributed by atoms with van der Waals surface area (Å²) in [6.45, 7) is 0.974. The summed E-state index contributed by atoms with van der Waals surface area (Å²) >= 11 is 0. The Labute approximate surface area is 109 Å². The molecule has 18 heavy (non-hydrogen) atoms. The van der Waals surface area contributed by atoms with Crippen LogP contribution >= 0.6 is 0 Å². The summed E-state index contributed by atoms with van der Waals surface area (Å²) in [5, 5.41) is 11.4. The van der Waals surface area contributed by atoms with E-state index in [0.29, 0.717) is 5.92 Å². The van der Waals surface area contributed by atoms with Gasteiger partial charge in [-0.3, -0.25) is 4.79 Å². The fourth-order valence-electron chi connectivity index (χ4n) is 2.30. The minimum absolute atomic E-state index is 0.00660. The number of aliphatic carboxylic acids is 1. The van der Waals surface area contributed by atoms with Crippen LogP contribution in [0.25, 0.3) is 0 Å². The average molecular weight is 256 g/mol. The number of amides is 2. The number of nitrogens with zero attached hydrogens (tertiary/aromatic N) is 1. The molecule has 2 N–H and O–H groups in total. The Morgan fingerprint density at radius 1 is 1.22 bits per heavy atom. The second-order valence-corrected chi connectivity index (χ2v) is 5.11. The smallest absolute Gasteiger partial charge is 0.317 e. The zero-order valence-corrected chi connectivity index (χ0v) is 11.2. The van der Waals surface area contributed by atoms with Crippen LogP contribution < -0.4 is 5.32 Å². The van der Waals surface area contributed by atoms with Crippen LogP contribution in [0.5, 0.6) is 0 Å². The first-order valence-corrected chi connectivity index (χ1v) is 6.80. The van der Waals surface area contributed by atoms with Crippen LogP contribution in [0.2, 0.25) is 0 Å². The van der Waals surface area contributed by atoms with Gasteiger partial charge in [0.2, 0.25) is 0 Å². The third kappa shape index (κ3) is 5.89. The summed E-state index contributed by atoms with van der Waals surface area (Å²) in [5.74, 6) is -0.289. The Hall–Kier alpha value is -1.26. The summed E-state index contributed by atoms with van der Waals surface area (Å²) in [7, 11) is 1.63. The molecule has 0 radical (unpaired) electrons. The number of carboxylic acids is 1. The molecule has 104 valence electrons. The van der Waals surface area contributed by atoms with Gasteiger partial charge < -0.3 is 15.3 Å². The Morgan fingerprint density at radius 3 is 2.39 bits per heavy atom. The van der Waals surface area contributed by atoms with E-state index in [-0.39, 0.29) is 19.0 Å². The molecule has 5 heteroatoms. The van der Waals surface area contributed by atoms with Crippen LogP contribution in [0.3, 0.4) is 0 Å². The van der Waals surface area contributed by atoms with E-state index in [9.17, 15) is 9.59 Å². The van der Waals surface area contributed by atoms with Gasteiger partial charge >= 0.3 is 12.0 Å². The molecule has 0 aromatic heterocycles. The third-order valence-electron chi connectivity index (χ3n) is 3.52. The van der Waals surface area contributed by atoms with Crippen molar-refractivity contribution in [1.82, 2.24) is 10.2 Å². The first-order valence-electron chi connectivity index (χ1n) is 6.80. The highest BCUT2D eigenvalue weighted by atomic mass is 16.4. The first kappa shape index (κ1) is 14.8. The van der Waals surface area contributed by atoms with Crippen LogP contribution in [-0.2, 0) is 4.79 Å². The van der Waals surface area contributed by atoms with Crippen LogP contribution in [0, 0.1) is 5.92 Å². The van der Waals surface area contributed by atoms with Crippen LogP contribution in [0.1, 0.15) is 44.9 Å². The SMILES string of the molecule is CN(CCC(=O)O)C(=O)NCC1CCCCCC1. The van der Waals surface area contributed by atoms with Gasteiger partial charge in [0.05, 0.1) is 6.42 Å². The Bertz CT molecular complexity index is 273. The van der Waals surface area contributed by atoms with Crippen molar-refractivity contribution in [3.05, 3.63) is 0 Å². The lowest BCUT2D eigenvalue weighted by atomic mass is 10.0. The largest absolute Gasteiger partial charge is 0.481 e. The van der Waals surface area contributed by atoms with Gasteiger partial charge in [-0.1, -0.05) is 25.7 Å². The van der Waals surface area contributed by atoms with Gasteiger partial charge in [-0.2, -0.15) is 0 Å². The number of rotatable bonds is 5. The molecule has 1 rings (SSSR count).